The Labute approximate surface area is 104 Å². The number of nitrogens with two attached hydrogens (primary N) is 1. The predicted molar refractivity (Wildman–Crippen MR) is 65.8 cm³/mol. The maximum atomic E-state index is 10.8. The maximum absolute atomic E-state index is 10.8. The minimum atomic E-state index is -0.960. The SMILES string of the molecule is CCc1ccc(CN(CC(N)=O)CC(=O)O)s1. The summed E-state index contributed by atoms with van der Waals surface area (Å²) in [5, 5.41) is 8.74. The third kappa shape index (κ3) is 4.97. The van der Waals surface area contributed by atoms with E-state index in [1.165, 1.54) is 9.78 Å². The van der Waals surface area contributed by atoms with Crippen molar-refractivity contribution in [3.63, 3.8) is 0 Å². The smallest absolute Gasteiger partial charge is 0.317 e. The second kappa shape index (κ2) is 6.36. The van der Waals surface area contributed by atoms with Crippen LogP contribution in [0, 0.1) is 0 Å². The number of aliphatic carboxylic acids is 1. The summed E-state index contributed by atoms with van der Waals surface area (Å²) in [5.41, 5.74) is 5.08. The summed E-state index contributed by atoms with van der Waals surface area (Å²) in [4.78, 5) is 25.3. The number of nitrogens with zero attached hydrogens (tertiary/aromatic N) is 1. The highest BCUT2D eigenvalue weighted by Gasteiger charge is 2.13. The van der Waals surface area contributed by atoms with Gasteiger partial charge in [0.1, 0.15) is 0 Å². The fraction of sp³-hybridized carbons (Fsp3) is 0.455. The molecule has 0 saturated heterocycles. The molecule has 0 aliphatic heterocycles. The Balaban J connectivity index is 2.64. The van der Waals surface area contributed by atoms with Crippen LogP contribution in [0.4, 0.5) is 0 Å². The van der Waals surface area contributed by atoms with Gasteiger partial charge in [0.15, 0.2) is 0 Å². The van der Waals surface area contributed by atoms with Crippen molar-refractivity contribution in [2.24, 2.45) is 5.73 Å². The molecule has 1 heterocycles. The molecule has 6 heteroatoms. The molecule has 1 rings (SSSR count). The van der Waals surface area contributed by atoms with Crippen LogP contribution in [0.3, 0.4) is 0 Å². The van der Waals surface area contributed by atoms with Crippen LogP contribution < -0.4 is 5.73 Å². The molecule has 0 atom stereocenters. The van der Waals surface area contributed by atoms with E-state index in [1.54, 1.807) is 11.3 Å². The molecule has 0 aliphatic carbocycles. The van der Waals surface area contributed by atoms with Crippen molar-refractivity contribution < 1.29 is 14.7 Å². The van der Waals surface area contributed by atoms with Crippen LogP contribution in [0.25, 0.3) is 0 Å². The Bertz CT molecular complexity index is 387. The van der Waals surface area contributed by atoms with Crippen molar-refractivity contribution in [2.45, 2.75) is 19.9 Å². The van der Waals surface area contributed by atoms with Gasteiger partial charge in [-0.3, -0.25) is 14.5 Å². The number of hydrogen-bond acceptors (Lipinski definition) is 4. The number of carbonyl (C=O) groups excluding carboxylic acids is 1. The van der Waals surface area contributed by atoms with Gasteiger partial charge in [-0.1, -0.05) is 6.92 Å². The first-order chi connectivity index (χ1) is 8.01. The number of amides is 1. The zero-order valence-corrected chi connectivity index (χ0v) is 10.5. The number of aryl methyl sites for hydroxylation is 1. The van der Waals surface area contributed by atoms with Crippen LogP contribution in [0.15, 0.2) is 12.1 Å². The van der Waals surface area contributed by atoms with Crippen LogP contribution in [0.2, 0.25) is 0 Å². The number of rotatable bonds is 7. The van der Waals surface area contributed by atoms with Gasteiger partial charge < -0.3 is 10.8 Å². The van der Waals surface area contributed by atoms with Crippen LogP contribution >= 0.6 is 11.3 Å². The van der Waals surface area contributed by atoms with Gasteiger partial charge in [0.2, 0.25) is 5.91 Å². The summed E-state index contributed by atoms with van der Waals surface area (Å²) in [6.07, 6.45) is 0.958. The number of thiophene rings is 1. The highest BCUT2D eigenvalue weighted by molar-refractivity contribution is 7.11. The minimum absolute atomic E-state index is 0.0361. The quantitative estimate of drug-likeness (QED) is 0.751. The highest BCUT2D eigenvalue weighted by atomic mass is 32.1. The highest BCUT2D eigenvalue weighted by Crippen LogP contribution is 2.18. The summed E-state index contributed by atoms with van der Waals surface area (Å²) < 4.78 is 0. The molecule has 94 valence electrons. The number of carboxylic acid groups (broad SMARTS) is 1. The molecule has 0 aliphatic rings. The second-order valence-electron chi connectivity index (χ2n) is 3.73. The van der Waals surface area contributed by atoms with Gasteiger partial charge in [-0.25, -0.2) is 0 Å². The number of carboxylic acids is 1. The molecule has 0 spiro atoms. The molecule has 0 fully saturated rings. The van der Waals surface area contributed by atoms with Crippen molar-refractivity contribution in [2.75, 3.05) is 13.1 Å². The first-order valence-corrected chi connectivity index (χ1v) is 6.13. The molecular weight excluding hydrogens is 240 g/mol. The molecule has 0 radical (unpaired) electrons. The van der Waals surface area contributed by atoms with Crippen molar-refractivity contribution in [3.8, 4) is 0 Å². The van der Waals surface area contributed by atoms with E-state index in [2.05, 4.69) is 6.92 Å². The van der Waals surface area contributed by atoms with E-state index >= 15 is 0 Å². The summed E-state index contributed by atoms with van der Waals surface area (Å²) in [6.45, 7) is 2.29. The van der Waals surface area contributed by atoms with Crippen molar-refractivity contribution >= 4 is 23.2 Å². The monoisotopic (exact) mass is 256 g/mol. The largest absolute Gasteiger partial charge is 0.480 e. The number of hydrogen-bond donors (Lipinski definition) is 2. The van der Waals surface area contributed by atoms with Crippen LogP contribution in [-0.2, 0) is 22.6 Å². The van der Waals surface area contributed by atoms with Crippen LogP contribution in [0.5, 0.6) is 0 Å². The standard InChI is InChI=1S/C11H16N2O3S/c1-2-8-3-4-9(17-8)5-13(6-10(12)14)7-11(15)16/h3-4H,2,5-7H2,1H3,(H2,12,14)(H,15,16). The van der Waals surface area contributed by atoms with Crippen molar-refractivity contribution in [1.29, 1.82) is 0 Å². The lowest BCUT2D eigenvalue weighted by Gasteiger charge is -2.17. The third-order valence-corrected chi connectivity index (χ3v) is 3.40. The van der Waals surface area contributed by atoms with Gasteiger partial charge in [0.05, 0.1) is 13.1 Å². The van der Waals surface area contributed by atoms with E-state index in [4.69, 9.17) is 10.8 Å². The molecule has 3 N–H and O–H groups in total. The Morgan fingerprint density at radius 3 is 2.47 bits per heavy atom. The lowest BCUT2D eigenvalue weighted by molar-refractivity contribution is -0.138. The molecule has 0 unspecified atom stereocenters. The maximum Gasteiger partial charge on any atom is 0.317 e. The van der Waals surface area contributed by atoms with Crippen LogP contribution in [-0.4, -0.2) is 35.0 Å². The summed E-state index contributed by atoms with van der Waals surface area (Å²) in [5.74, 6) is -1.47. The van der Waals surface area contributed by atoms with E-state index in [0.717, 1.165) is 11.3 Å². The van der Waals surface area contributed by atoms with E-state index in [-0.39, 0.29) is 13.1 Å². The predicted octanol–water partition coefficient (Wildman–Crippen LogP) is 0.682. The summed E-state index contributed by atoms with van der Waals surface area (Å²) in [7, 11) is 0. The third-order valence-electron chi connectivity index (χ3n) is 2.18. The fourth-order valence-electron chi connectivity index (χ4n) is 1.50. The lowest BCUT2D eigenvalue weighted by atomic mass is 10.3. The Morgan fingerprint density at radius 2 is 2.00 bits per heavy atom. The van der Waals surface area contributed by atoms with Crippen molar-refractivity contribution in [3.05, 3.63) is 21.9 Å². The normalized spacial score (nSPS) is 10.7. The molecule has 1 aromatic heterocycles. The minimum Gasteiger partial charge on any atom is -0.480 e. The van der Waals surface area contributed by atoms with E-state index in [1.807, 2.05) is 12.1 Å². The first-order valence-electron chi connectivity index (χ1n) is 5.31. The number of carbonyl (C=O) groups is 2. The van der Waals surface area contributed by atoms with Gasteiger partial charge in [-0.15, -0.1) is 11.3 Å². The second-order valence-corrected chi connectivity index (χ2v) is 4.98. The molecule has 0 bridgehead atoms. The zero-order valence-electron chi connectivity index (χ0n) is 9.68. The Hall–Kier alpha value is -1.40. The summed E-state index contributed by atoms with van der Waals surface area (Å²) >= 11 is 1.63. The Morgan fingerprint density at radius 1 is 1.35 bits per heavy atom. The first kappa shape index (κ1) is 13.7. The molecule has 1 amide bonds. The van der Waals surface area contributed by atoms with Gasteiger partial charge in [-0.05, 0) is 18.6 Å². The zero-order chi connectivity index (χ0) is 12.8. The van der Waals surface area contributed by atoms with Gasteiger partial charge >= 0.3 is 5.97 Å². The molecule has 1 aromatic rings. The molecule has 5 nitrogen and oxygen atoms in total. The van der Waals surface area contributed by atoms with E-state index < -0.39 is 11.9 Å². The Kier molecular flexibility index (Phi) is 5.11. The summed E-state index contributed by atoms with van der Waals surface area (Å²) in [6, 6.07) is 3.97. The average Bonchev–Trinajstić information content (AvgIpc) is 2.63. The van der Waals surface area contributed by atoms with E-state index in [0.29, 0.717) is 6.54 Å². The average molecular weight is 256 g/mol. The van der Waals surface area contributed by atoms with Crippen molar-refractivity contribution in [1.82, 2.24) is 4.90 Å². The number of primary amides is 1. The van der Waals surface area contributed by atoms with Gasteiger partial charge in [0, 0.05) is 16.3 Å². The van der Waals surface area contributed by atoms with Gasteiger partial charge in [0.25, 0.3) is 0 Å². The molecule has 17 heavy (non-hydrogen) atoms. The molecular formula is C11H16N2O3S. The topological polar surface area (TPSA) is 83.6 Å². The van der Waals surface area contributed by atoms with Crippen LogP contribution in [0.1, 0.15) is 16.7 Å². The van der Waals surface area contributed by atoms with Gasteiger partial charge in [-0.2, -0.15) is 0 Å². The van der Waals surface area contributed by atoms with E-state index in [9.17, 15) is 9.59 Å². The fourth-order valence-corrected chi connectivity index (χ4v) is 2.50. The lowest BCUT2D eigenvalue weighted by Crippen LogP contribution is -2.36. The molecule has 0 aromatic carbocycles. The molecule has 0 saturated carbocycles.